The van der Waals surface area contributed by atoms with Gasteiger partial charge in [-0.15, -0.1) is 0 Å². The number of ether oxygens (including phenoxy) is 1. The minimum absolute atomic E-state index is 0.0423. The summed E-state index contributed by atoms with van der Waals surface area (Å²) < 4.78 is 4.98. The van der Waals surface area contributed by atoms with Crippen LogP contribution in [-0.4, -0.2) is 34.3 Å². The summed E-state index contributed by atoms with van der Waals surface area (Å²) in [6, 6.07) is 9.08. The van der Waals surface area contributed by atoms with Gasteiger partial charge in [0.1, 0.15) is 6.61 Å². The molecule has 1 fully saturated rings. The molecule has 1 atom stereocenters. The van der Waals surface area contributed by atoms with Gasteiger partial charge in [0.15, 0.2) is 0 Å². The summed E-state index contributed by atoms with van der Waals surface area (Å²) in [7, 11) is 0. The van der Waals surface area contributed by atoms with Gasteiger partial charge in [0.25, 0.3) is 5.91 Å². The van der Waals surface area contributed by atoms with E-state index in [-0.39, 0.29) is 13.0 Å². The molecule has 1 aliphatic rings. The van der Waals surface area contributed by atoms with Crippen molar-refractivity contribution in [1.29, 1.82) is 0 Å². The lowest BCUT2D eigenvalue weighted by atomic mass is 10.2. The van der Waals surface area contributed by atoms with E-state index in [9.17, 15) is 14.4 Å². The number of rotatable bonds is 3. The molecule has 6 heteroatoms. The molecule has 0 saturated carbocycles. The Balaban J connectivity index is 1.97. The maximum absolute atomic E-state index is 11.8. The molecular weight excluding hydrogens is 266 g/mol. The van der Waals surface area contributed by atoms with Crippen molar-refractivity contribution in [3.63, 3.8) is 0 Å². The number of benzene rings is 1. The van der Waals surface area contributed by atoms with E-state index in [1.165, 1.54) is 11.8 Å². The number of hydrogen-bond acceptors (Lipinski definition) is 5. The van der Waals surface area contributed by atoms with Crippen LogP contribution in [0.1, 0.15) is 12.0 Å². The van der Waals surface area contributed by atoms with Gasteiger partial charge in [0.2, 0.25) is 5.91 Å². The molecule has 100 valence electrons. The van der Waals surface area contributed by atoms with Crippen LogP contribution in [0.3, 0.4) is 0 Å². The van der Waals surface area contributed by atoms with Gasteiger partial charge in [0, 0.05) is 6.42 Å². The molecule has 1 aliphatic heterocycles. The predicted molar refractivity (Wildman–Crippen MR) is 70.4 cm³/mol. The van der Waals surface area contributed by atoms with Gasteiger partial charge in [0.05, 0.1) is 5.25 Å². The van der Waals surface area contributed by atoms with Gasteiger partial charge in [-0.05, 0) is 11.8 Å². The van der Waals surface area contributed by atoms with Crippen LogP contribution in [0, 0.1) is 0 Å². The van der Waals surface area contributed by atoms with Crippen molar-refractivity contribution in [2.45, 2.75) is 18.3 Å². The average molecular weight is 279 g/mol. The number of amides is 3. The first kappa shape index (κ1) is 13.6. The standard InChI is InChI=1S/C13H13NO4S/c1-19-10-7-11(15)14(12(10)16)13(17)18-8-9-5-3-2-4-6-9/h2-6,10H,7-8H2,1H3. The monoisotopic (exact) mass is 279 g/mol. The Kier molecular flexibility index (Phi) is 4.21. The fourth-order valence-electron chi connectivity index (χ4n) is 1.76. The Hall–Kier alpha value is -1.82. The lowest BCUT2D eigenvalue weighted by molar-refractivity contribution is -0.136. The molecule has 0 aliphatic carbocycles. The third-order valence-electron chi connectivity index (χ3n) is 2.78. The molecule has 1 aromatic carbocycles. The molecule has 1 unspecified atom stereocenters. The van der Waals surface area contributed by atoms with Crippen LogP contribution in [0.25, 0.3) is 0 Å². The van der Waals surface area contributed by atoms with Crippen LogP contribution in [0.2, 0.25) is 0 Å². The fraction of sp³-hybridized carbons (Fsp3) is 0.308. The van der Waals surface area contributed by atoms with Crippen molar-refractivity contribution in [3.8, 4) is 0 Å². The van der Waals surface area contributed by atoms with Crippen molar-refractivity contribution >= 4 is 29.7 Å². The first-order chi connectivity index (χ1) is 9.13. The number of carbonyl (C=O) groups excluding carboxylic acids is 3. The Labute approximate surface area is 114 Å². The van der Waals surface area contributed by atoms with Gasteiger partial charge in [-0.3, -0.25) is 9.59 Å². The van der Waals surface area contributed by atoms with Crippen molar-refractivity contribution in [1.82, 2.24) is 4.90 Å². The van der Waals surface area contributed by atoms with E-state index >= 15 is 0 Å². The molecule has 3 amide bonds. The summed E-state index contributed by atoms with van der Waals surface area (Å²) in [5, 5.41) is -0.475. The second kappa shape index (κ2) is 5.88. The molecule has 0 N–H and O–H groups in total. The maximum Gasteiger partial charge on any atom is 0.423 e. The molecule has 0 spiro atoms. The first-order valence-electron chi connectivity index (χ1n) is 5.73. The Bertz CT molecular complexity index is 503. The van der Waals surface area contributed by atoms with Crippen LogP contribution in [0.5, 0.6) is 0 Å². The molecule has 19 heavy (non-hydrogen) atoms. The number of carbonyl (C=O) groups is 3. The fourth-order valence-corrected chi connectivity index (χ4v) is 2.38. The topological polar surface area (TPSA) is 63.7 Å². The van der Waals surface area contributed by atoms with Crippen LogP contribution in [-0.2, 0) is 20.9 Å². The normalized spacial score (nSPS) is 18.8. The molecule has 5 nitrogen and oxygen atoms in total. The quantitative estimate of drug-likeness (QED) is 0.790. The molecule has 0 bridgehead atoms. The minimum atomic E-state index is -0.893. The van der Waals surface area contributed by atoms with Crippen LogP contribution in [0.4, 0.5) is 4.79 Å². The third kappa shape index (κ3) is 2.96. The zero-order valence-corrected chi connectivity index (χ0v) is 11.2. The summed E-state index contributed by atoms with van der Waals surface area (Å²) >= 11 is 1.26. The van der Waals surface area contributed by atoms with Gasteiger partial charge in [-0.1, -0.05) is 30.3 Å². The first-order valence-corrected chi connectivity index (χ1v) is 7.02. The SMILES string of the molecule is CSC1CC(=O)N(C(=O)OCc2ccccc2)C1=O. The summed E-state index contributed by atoms with van der Waals surface area (Å²) in [6.45, 7) is 0.0423. The number of nitrogens with zero attached hydrogens (tertiary/aromatic N) is 1. The number of hydrogen-bond donors (Lipinski definition) is 0. The molecule has 0 aromatic heterocycles. The summed E-state index contributed by atoms with van der Waals surface area (Å²) in [4.78, 5) is 35.7. The third-order valence-corrected chi connectivity index (χ3v) is 3.71. The lowest BCUT2D eigenvalue weighted by Crippen LogP contribution is -2.37. The highest BCUT2D eigenvalue weighted by Crippen LogP contribution is 2.23. The molecule has 0 radical (unpaired) electrons. The largest absolute Gasteiger partial charge is 0.444 e. The second-order valence-electron chi connectivity index (χ2n) is 4.04. The average Bonchev–Trinajstić information content (AvgIpc) is 2.72. The van der Waals surface area contributed by atoms with Crippen LogP contribution in [0.15, 0.2) is 30.3 Å². The molecular formula is C13H13NO4S. The van der Waals surface area contributed by atoms with Crippen molar-refractivity contribution < 1.29 is 19.1 Å². The maximum atomic E-state index is 11.8. The van der Waals surface area contributed by atoms with Crippen molar-refractivity contribution in [2.75, 3.05) is 6.26 Å². The molecule has 1 saturated heterocycles. The van der Waals surface area contributed by atoms with E-state index in [1.807, 2.05) is 18.2 Å². The molecule has 1 heterocycles. The second-order valence-corrected chi connectivity index (χ2v) is 5.08. The predicted octanol–water partition coefficient (Wildman–Crippen LogP) is 1.81. The van der Waals surface area contributed by atoms with Gasteiger partial charge in [-0.25, -0.2) is 4.79 Å². The van der Waals surface area contributed by atoms with Gasteiger partial charge in [-0.2, -0.15) is 16.7 Å². The van der Waals surface area contributed by atoms with Crippen LogP contribution >= 0.6 is 11.8 Å². The summed E-state index contributed by atoms with van der Waals surface area (Å²) in [5.74, 6) is -0.988. The minimum Gasteiger partial charge on any atom is -0.444 e. The van der Waals surface area contributed by atoms with E-state index < -0.39 is 23.2 Å². The number of likely N-dealkylation sites (tertiary alicyclic amines) is 1. The Morgan fingerprint density at radius 2 is 2.05 bits per heavy atom. The summed E-state index contributed by atoms with van der Waals surface area (Å²) in [6.07, 6.45) is 0.894. The van der Waals surface area contributed by atoms with E-state index in [1.54, 1.807) is 18.4 Å². The highest BCUT2D eigenvalue weighted by molar-refractivity contribution is 8.00. The van der Waals surface area contributed by atoms with Gasteiger partial charge < -0.3 is 4.74 Å². The highest BCUT2D eigenvalue weighted by Gasteiger charge is 2.43. The molecule has 2 rings (SSSR count). The smallest absolute Gasteiger partial charge is 0.423 e. The molecule has 1 aromatic rings. The van der Waals surface area contributed by atoms with Crippen molar-refractivity contribution in [2.24, 2.45) is 0 Å². The number of thioether (sulfide) groups is 1. The zero-order chi connectivity index (χ0) is 13.8. The summed E-state index contributed by atoms with van der Waals surface area (Å²) in [5.41, 5.74) is 0.802. The van der Waals surface area contributed by atoms with E-state index in [0.29, 0.717) is 4.90 Å². The van der Waals surface area contributed by atoms with E-state index in [4.69, 9.17) is 4.74 Å². The Morgan fingerprint density at radius 3 is 2.63 bits per heavy atom. The van der Waals surface area contributed by atoms with E-state index in [2.05, 4.69) is 0 Å². The van der Waals surface area contributed by atoms with Crippen molar-refractivity contribution in [3.05, 3.63) is 35.9 Å². The lowest BCUT2D eigenvalue weighted by Gasteiger charge is -2.12. The number of imide groups is 3. The van der Waals surface area contributed by atoms with Gasteiger partial charge >= 0.3 is 6.09 Å². The Morgan fingerprint density at radius 1 is 1.37 bits per heavy atom. The highest BCUT2D eigenvalue weighted by atomic mass is 32.2. The zero-order valence-electron chi connectivity index (χ0n) is 10.4. The van der Waals surface area contributed by atoms with Crippen LogP contribution < -0.4 is 0 Å². The van der Waals surface area contributed by atoms with E-state index in [0.717, 1.165) is 5.56 Å².